The number of hydrogen-bond acceptors (Lipinski definition) is 5. The lowest BCUT2D eigenvalue weighted by Gasteiger charge is -2.10. The predicted octanol–water partition coefficient (Wildman–Crippen LogP) is -0.886. The van der Waals surface area contributed by atoms with Crippen molar-refractivity contribution in [3.8, 4) is 0 Å². The van der Waals surface area contributed by atoms with Crippen LogP contribution in [0.1, 0.15) is 11.6 Å². The molecule has 0 aliphatic heterocycles. The fourth-order valence-electron chi connectivity index (χ4n) is 1.06. The highest BCUT2D eigenvalue weighted by Crippen LogP contribution is 2.07. The summed E-state index contributed by atoms with van der Waals surface area (Å²) in [4.78, 5) is 16.3. The highest BCUT2D eigenvalue weighted by atomic mass is 16.7. The van der Waals surface area contributed by atoms with Gasteiger partial charge in [-0.05, 0) is 0 Å². The van der Waals surface area contributed by atoms with E-state index in [2.05, 4.69) is 10.6 Å². The third-order valence-corrected chi connectivity index (χ3v) is 1.93. The molecule has 0 spiro atoms. The van der Waals surface area contributed by atoms with Crippen molar-refractivity contribution in [3.63, 3.8) is 0 Å². The smallest absolute Gasteiger partial charge is 0.265 e. The lowest BCUT2D eigenvalue weighted by Crippen LogP contribution is -2.34. The molecule has 1 aromatic rings. The van der Waals surface area contributed by atoms with Crippen molar-refractivity contribution < 1.29 is 14.4 Å². The normalized spacial score (nSPS) is 12.4. The van der Waals surface area contributed by atoms with E-state index in [1.807, 2.05) is 0 Å². The Hall–Kier alpha value is -1.44. The molecule has 0 aliphatic rings. The van der Waals surface area contributed by atoms with Gasteiger partial charge in [-0.2, -0.15) is 5.10 Å². The van der Waals surface area contributed by atoms with Crippen molar-refractivity contribution in [1.29, 1.82) is 0 Å². The first-order valence-corrected chi connectivity index (χ1v) is 4.80. The summed E-state index contributed by atoms with van der Waals surface area (Å²) in [6.45, 7) is 0.685. The maximum absolute atomic E-state index is 11.5. The molecule has 1 rings (SSSR count). The molecule has 16 heavy (non-hydrogen) atoms. The van der Waals surface area contributed by atoms with Gasteiger partial charge in [0.25, 0.3) is 5.91 Å². The first-order chi connectivity index (χ1) is 7.65. The summed E-state index contributed by atoms with van der Waals surface area (Å²) in [5.74, 6) is -0.413. The Morgan fingerprint density at radius 3 is 3.00 bits per heavy atom. The number of aromatic nitrogens is 2. The van der Waals surface area contributed by atoms with Crippen LogP contribution in [0.4, 0.5) is 0 Å². The highest BCUT2D eigenvalue weighted by molar-refractivity contribution is 5.81. The van der Waals surface area contributed by atoms with E-state index in [1.165, 1.54) is 0 Å². The average Bonchev–Trinajstić information content (AvgIpc) is 2.70. The molecule has 0 radical (unpaired) electrons. The molecule has 7 nitrogen and oxygen atoms in total. The van der Waals surface area contributed by atoms with Gasteiger partial charge in [0.2, 0.25) is 0 Å². The number of nitrogens with zero attached hydrogens (tertiary/aromatic N) is 2. The second-order valence-corrected chi connectivity index (χ2v) is 3.23. The summed E-state index contributed by atoms with van der Waals surface area (Å²) in [6.07, 6.45) is 3.22. The van der Waals surface area contributed by atoms with E-state index in [1.54, 1.807) is 31.2 Å². The molecule has 3 N–H and O–H groups in total. The first-order valence-electron chi connectivity index (χ1n) is 4.80. The second kappa shape index (κ2) is 6.21. The van der Waals surface area contributed by atoms with Gasteiger partial charge in [-0.25, -0.2) is 5.48 Å². The van der Waals surface area contributed by atoms with Crippen LogP contribution < -0.4 is 11.2 Å². The summed E-state index contributed by atoms with van der Waals surface area (Å²) < 4.78 is 6.33. The van der Waals surface area contributed by atoms with E-state index in [-0.39, 0.29) is 6.61 Å². The van der Waals surface area contributed by atoms with Crippen molar-refractivity contribution in [1.82, 2.24) is 15.3 Å². The molecule has 1 amide bonds. The van der Waals surface area contributed by atoms with E-state index >= 15 is 0 Å². The summed E-state index contributed by atoms with van der Waals surface area (Å²) >= 11 is 0. The van der Waals surface area contributed by atoms with E-state index in [0.717, 1.165) is 0 Å². The molecule has 0 saturated heterocycles. The molecule has 1 unspecified atom stereocenters. The number of amides is 1. The number of methoxy groups -OCH3 is 1. The van der Waals surface area contributed by atoms with Crippen molar-refractivity contribution >= 4 is 5.91 Å². The zero-order valence-electron chi connectivity index (χ0n) is 9.34. The number of carbonyl (C=O) groups excluding carboxylic acids is 1. The second-order valence-electron chi connectivity index (χ2n) is 3.23. The van der Waals surface area contributed by atoms with E-state index in [9.17, 15) is 4.79 Å². The van der Waals surface area contributed by atoms with Crippen LogP contribution >= 0.6 is 0 Å². The number of nitrogens with two attached hydrogens (primary N) is 1. The lowest BCUT2D eigenvalue weighted by atomic mass is 10.2. The SMILES string of the molecule is COCCONC(=O)C(N)c1cnn(C)c1. The topological polar surface area (TPSA) is 91.4 Å². The molecule has 0 bridgehead atoms. The van der Waals surface area contributed by atoms with Gasteiger partial charge in [-0.3, -0.25) is 14.3 Å². The first kappa shape index (κ1) is 12.6. The number of ether oxygens (including phenoxy) is 1. The number of rotatable bonds is 6. The van der Waals surface area contributed by atoms with Crippen molar-refractivity contribution in [2.75, 3.05) is 20.3 Å². The van der Waals surface area contributed by atoms with Crippen molar-refractivity contribution in [2.24, 2.45) is 12.8 Å². The number of nitrogens with one attached hydrogen (secondary N) is 1. The number of hydroxylamine groups is 1. The van der Waals surface area contributed by atoms with Gasteiger partial charge < -0.3 is 10.5 Å². The van der Waals surface area contributed by atoms with Gasteiger partial charge in [0.05, 0.1) is 19.4 Å². The van der Waals surface area contributed by atoms with E-state index in [0.29, 0.717) is 12.2 Å². The van der Waals surface area contributed by atoms with E-state index in [4.69, 9.17) is 15.3 Å². The Balaban J connectivity index is 2.36. The zero-order valence-corrected chi connectivity index (χ0v) is 9.34. The third kappa shape index (κ3) is 3.61. The molecule has 0 aliphatic carbocycles. The molecular formula is C9H16N4O3. The molecular weight excluding hydrogens is 212 g/mol. The van der Waals surface area contributed by atoms with Crippen LogP contribution in [0.15, 0.2) is 12.4 Å². The Bertz CT molecular complexity index is 339. The summed E-state index contributed by atoms with van der Waals surface area (Å²) in [7, 11) is 3.30. The Labute approximate surface area is 93.5 Å². The Kier molecular flexibility index (Phi) is 4.90. The Morgan fingerprint density at radius 1 is 1.69 bits per heavy atom. The molecule has 90 valence electrons. The van der Waals surface area contributed by atoms with Gasteiger partial charge >= 0.3 is 0 Å². The lowest BCUT2D eigenvalue weighted by molar-refractivity contribution is -0.136. The van der Waals surface area contributed by atoms with Crippen molar-refractivity contribution in [2.45, 2.75) is 6.04 Å². The minimum Gasteiger partial charge on any atom is -0.382 e. The van der Waals surface area contributed by atoms with Crippen LogP contribution in [0, 0.1) is 0 Å². The van der Waals surface area contributed by atoms with Crippen LogP contribution in [0.25, 0.3) is 0 Å². The molecule has 0 aromatic carbocycles. The third-order valence-electron chi connectivity index (χ3n) is 1.93. The van der Waals surface area contributed by atoms with Crippen LogP contribution in [-0.4, -0.2) is 36.0 Å². The molecule has 0 saturated carbocycles. The van der Waals surface area contributed by atoms with Gasteiger partial charge in [-0.15, -0.1) is 0 Å². The largest absolute Gasteiger partial charge is 0.382 e. The maximum Gasteiger partial charge on any atom is 0.265 e. The quantitative estimate of drug-likeness (QED) is 0.487. The zero-order chi connectivity index (χ0) is 12.0. The maximum atomic E-state index is 11.5. The molecule has 1 heterocycles. The monoisotopic (exact) mass is 228 g/mol. The Morgan fingerprint density at radius 2 is 2.44 bits per heavy atom. The van der Waals surface area contributed by atoms with Crippen LogP contribution in [0.2, 0.25) is 0 Å². The standard InChI is InChI=1S/C9H16N4O3/c1-13-6-7(5-11-13)8(10)9(14)12-16-4-3-15-2/h5-6,8H,3-4,10H2,1-2H3,(H,12,14). The fourth-order valence-corrected chi connectivity index (χ4v) is 1.06. The van der Waals surface area contributed by atoms with Crippen molar-refractivity contribution in [3.05, 3.63) is 18.0 Å². The number of aryl methyl sites for hydroxylation is 1. The molecule has 0 fully saturated rings. The molecule has 1 atom stereocenters. The fraction of sp³-hybridized carbons (Fsp3) is 0.556. The number of carbonyl (C=O) groups is 1. The summed E-state index contributed by atoms with van der Waals surface area (Å²) in [5.41, 5.74) is 8.57. The molecule has 7 heteroatoms. The summed E-state index contributed by atoms with van der Waals surface area (Å²) in [5, 5.41) is 3.93. The molecule has 1 aromatic heterocycles. The van der Waals surface area contributed by atoms with Gasteiger partial charge in [0.15, 0.2) is 0 Å². The van der Waals surface area contributed by atoms with Crippen LogP contribution in [-0.2, 0) is 21.4 Å². The van der Waals surface area contributed by atoms with Gasteiger partial charge in [0.1, 0.15) is 6.04 Å². The summed E-state index contributed by atoms with van der Waals surface area (Å²) in [6, 6.07) is -0.781. The average molecular weight is 228 g/mol. The van der Waals surface area contributed by atoms with Crippen LogP contribution in [0.5, 0.6) is 0 Å². The highest BCUT2D eigenvalue weighted by Gasteiger charge is 2.17. The minimum absolute atomic E-state index is 0.280. The predicted molar refractivity (Wildman–Crippen MR) is 56.1 cm³/mol. The van der Waals surface area contributed by atoms with Gasteiger partial charge in [-0.1, -0.05) is 0 Å². The minimum atomic E-state index is -0.781. The van der Waals surface area contributed by atoms with E-state index < -0.39 is 11.9 Å². The number of hydrogen-bond donors (Lipinski definition) is 2. The van der Waals surface area contributed by atoms with Crippen LogP contribution in [0.3, 0.4) is 0 Å². The van der Waals surface area contributed by atoms with Gasteiger partial charge in [0, 0.05) is 25.9 Å².